The lowest BCUT2D eigenvalue weighted by Gasteiger charge is -2.12. The number of aromatic nitrogens is 4. The van der Waals surface area contributed by atoms with E-state index >= 15 is 0 Å². The molecule has 152 valence electrons. The Labute approximate surface area is 171 Å². The Kier molecular flexibility index (Phi) is 5.12. The molecule has 0 saturated carbocycles. The molecular weight excluding hydrogens is 386 g/mol. The molecule has 2 aromatic heterocycles. The summed E-state index contributed by atoms with van der Waals surface area (Å²) in [5.41, 5.74) is 6.90. The van der Waals surface area contributed by atoms with Crippen molar-refractivity contribution in [1.29, 1.82) is 0 Å². The number of rotatable bonds is 6. The topological polar surface area (TPSA) is 131 Å². The smallest absolute Gasteiger partial charge is 0.245 e. The quantitative estimate of drug-likeness (QED) is 0.326. The average Bonchev–Trinajstić information content (AvgIpc) is 3.20. The van der Waals surface area contributed by atoms with Gasteiger partial charge in [0, 0.05) is 11.3 Å². The summed E-state index contributed by atoms with van der Waals surface area (Å²) in [4.78, 5) is 8.79. The van der Waals surface area contributed by atoms with E-state index in [4.69, 9.17) is 9.37 Å². The monoisotopic (exact) mass is 405 g/mol. The van der Waals surface area contributed by atoms with Crippen LogP contribution in [0.25, 0.3) is 11.3 Å². The predicted octanol–water partition coefficient (Wildman–Crippen LogP) is 3.53. The Morgan fingerprint density at radius 2 is 1.77 bits per heavy atom. The fourth-order valence-electron chi connectivity index (χ4n) is 2.79. The lowest BCUT2D eigenvalue weighted by Crippen LogP contribution is -2.04. The molecule has 4 aromatic rings. The van der Waals surface area contributed by atoms with Gasteiger partial charge in [-0.1, -0.05) is 18.2 Å². The molecule has 4 rings (SSSR count). The number of aryl methyl sites for hydroxylation is 1. The third kappa shape index (κ3) is 3.70. The predicted molar refractivity (Wildman–Crippen MR) is 112 cm³/mol. The molecule has 0 fully saturated rings. The van der Waals surface area contributed by atoms with Gasteiger partial charge < -0.3 is 15.2 Å². The van der Waals surface area contributed by atoms with Crippen LogP contribution in [0.4, 0.5) is 17.3 Å². The first-order valence-electron chi connectivity index (χ1n) is 9.05. The van der Waals surface area contributed by atoms with E-state index in [1.807, 2.05) is 32.0 Å². The molecule has 0 saturated heterocycles. The van der Waals surface area contributed by atoms with Crippen molar-refractivity contribution < 1.29 is 14.5 Å². The van der Waals surface area contributed by atoms with Crippen LogP contribution in [0.5, 0.6) is 11.5 Å². The summed E-state index contributed by atoms with van der Waals surface area (Å²) in [7, 11) is 1.48. The van der Waals surface area contributed by atoms with Gasteiger partial charge >= 0.3 is 0 Å². The number of hydrazone groups is 1. The number of nitrogens with zero attached hydrogens (tertiary/aromatic N) is 5. The maximum Gasteiger partial charge on any atom is 0.245 e. The lowest BCUT2D eigenvalue weighted by atomic mass is 10.1. The van der Waals surface area contributed by atoms with E-state index in [-0.39, 0.29) is 17.0 Å². The number of anilines is 3. The fourth-order valence-corrected chi connectivity index (χ4v) is 2.79. The zero-order valence-electron chi connectivity index (χ0n) is 16.5. The number of fused-ring (bicyclic) bond motifs is 1. The van der Waals surface area contributed by atoms with E-state index in [0.29, 0.717) is 22.9 Å². The van der Waals surface area contributed by atoms with Crippen molar-refractivity contribution in [3.05, 3.63) is 53.1 Å². The van der Waals surface area contributed by atoms with Crippen LogP contribution in [-0.2, 0) is 0 Å². The number of aromatic hydroxyl groups is 1. The van der Waals surface area contributed by atoms with Crippen molar-refractivity contribution in [2.24, 2.45) is 5.10 Å². The van der Waals surface area contributed by atoms with Crippen molar-refractivity contribution >= 4 is 34.8 Å². The molecule has 0 bridgehead atoms. The highest BCUT2D eigenvalue weighted by Gasteiger charge is 2.14. The van der Waals surface area contributed by atoms with Crippen molar-refractivity contribution in [3.8, 4) is 11.5 Å². The molecule has 2 heterocycles. The van der Waals surface area contributed by atoms with E-state index in [2.05, 4.69) is 36.1 Å². The number of ether oxygens (including phenoxy) is 1. The number of nitrogens with one attached hydrogen (secondary N) is 2. The van der Waals surface area contributed by atoms with Crippen molar-refractivity contribution in [3.63, 3.8) is 0 Å². The Hall–Kier alpha value is -4.21. The normalized spacial score (nSPS) is 11.2. The lowest BCUT2D eigenvalue weighted by molar-refractivity contribution is 0.314. The minimum absolute atomic E-state index is 0.0125. The van der Waals surface area contributed by atoms with Crippen LogP contribution in [0.2, 0.25) is 0 Å². The Bertz CT molecular complexity index is 1240. The molecule has 0 spiro atoms. The second kappa shape index (κ2) is 8.03. The summed E-state index contributed by atoms with van der Waals surface area (Å²) in [6.07, 6.45) is 1.45. The highest BCUT2D eigenvalue weighted by molar-refractivity contribution is 5.86. The molecule has 30 heavy (non-hydrogen) atoms. The van der Waals surface area contributed by atoms with Gasteiger partial charge in [-0.2, -0.15) is 10.1 Å². The van der Waals surface area contributed by atoms with Crippen LogP contribution in [-0.4, -0.2) is 38.7 Å². The highest BCUT2D eigenvalue weighted by atomic mass is 16.6. The minimum Gasteiger partial charge on any atom is -0.504 e. The Balaban J connectivity index is 1.66. The van der Waals surface area contributed by atoms with Crippen LogP contribution >= 0.6 is 0 Å². The molecule has 0 radical (unpaired) electrons. The second-order valence-electron chi connectivity index (χ2n) is 6.47. The molecule has 2 aromatic carbocycles. The molecule has 0 aliphatic carbocycles. The maximum atomic E-state index is 10.2. The maximum absolute atomic E-state index is 10.2. The standard InChI is InChI=1S/C20H19N7O3/c1-11-6-4-8-14(12(11)2)22-17-18(24-20-19(23-17)26-30-27-20)25-21-10-13-7-5-9-15(29-3)16(13)28/h4-10,28H,1-3H3,(H,22,23,26)(H,24,25,27)/b21-10-. The molecule has 10 nitrogen and oxygen atoms in total. The summed E-state index contributed by atoms with van der Waals surface area (Å²) >= 11 is 0. The van der Waals surface area contributed by atoms with Crippen molar-refractivity contribution in [1.82, 2.24) is 20.3 Å². The third-order valence-corrected chi connectivity index (χ3v) is 4.60. The van der Waals surface area contributed by atoms with Crippen LogP contribution in [0.3, 0.4) is 0 Å². The number of hydrogen-bond acceptors (Lipinski definition) is 10. The van der Waals surface area contributed by atoms with E-state index in [1.165, 1.54) is 13.3 Å². The van der Waals surface area contributed by atoms with Crippen LogP contribution in [0.15, 0.2) is 46.1 Å². The highest BCUT2D eigenvalue weighted by Crippen LogP contribution is 2.29. The Morgan fingerprint density at radius 1 is 1.03 bits per heavy atom. The Morgan fingerprint density at radius 3 is 2.53 bits per heavy atom. The fraction of sp³-hybridized carbons (Fsp3) is 0.150. The molecule has 0 aliphatic rings. The van der Waals surface area contributed by atoms with Crippen LogP contribution in [0, 0.1) is 13.8 Å². The van der Waals surface area contributed by atoms with Crippen molar-refractivity contribution in [2.45, 2.75) is 13.8 Å². The van der Waals surface area contributed by atoms with Gasteiger partial charge in [0.15, 0.2) is 23.1 Å². The van der Waals surface area contributed by atoms with Gasteiger partial charge in [-0.25, -0.2) is 9.61 Å². The second-order valence-corrected chi connectivity index (χ2v) is 6.47. The zero-order valence-corrected chi connectivity index (χ0v) is 16.5. The van der Waals surface area contributed by atoms with Crippen molar-refractivity contribution in [2.75, 3.05) is 17.9 Å². The SMILES string of the molecule is COc1cccc(/C=N\Nc2nc3nonc3nc2Nc2cccc(C)c2C)c1O. The molecule has 0 unspecified atom stereocenters. The summed E-state index contributed by atoms with van der Waals surface area (Å²) in [5.74, 6) is 1.06. The molecular formula is C20H19N7O3. The number of phenols is 1. The van der Waals surface area contributed by atoms with E-state index in [0.717, 1.165) is 16.8 Å². The molecule has 3 N–H and O–H groups in total. The van der Waals surface area contributed by atoms with Crippen LogP contribution < -0.4 is 15.5 Å². The molecule has 10 heteroatoms. The largest absolute Gasteiger partial charge is 0.504 e. The summed E-state index contributed by atoms with van der Waals surface area (Å²) in [5, 5.41) is 25.1. The van der Waals surface area contributed by atoms with Gasteiger partial charge in [0.25, 0.3) is 0 Å². The number of para-hydroxylation sites is 1. The molecule has 0 atom stereocenters. The summed E-state index contributed by atoms with van der Waals surface area (Å²) in [6.45, 7) is 4.04. The van der Waals surface area contributed by atoms with Gasteiger partial charge in [-0.05, 0) is 53.5 Å². The first-order chi connectivity index (χ1) is 14.6. The molecule has 0 amide bonds. The first kappa shape index (κ1) is 19.1. The third-order valence-electron chi connectivity index (χ3n) is 4.60. The minimum atomic E-state index is -0.0125. The van der Waals surface area contributed by atoms with E-state index in [9.17, 15) is 5.11 Å². The molecule has 0 aliphatic heterocycles. The first-order valence-corrected chi connectivity index (χ1v) is 9.05. The van der Waals surface area contributed by atoms with Gasteiger partial charge in [0.1, 0.15) is 0 Å². The summed E-state index contributed by atoms with van der Waals surface area (Å²) < 4.78 is 9.82. The van der Waals surface area contributed by atoms with Gasteiger partial charge in [-0.15, -0.1) is 0 Å². The van der Waals surface area contributed by atoms with Crippen LogP contribution in [0.1, 0.15) is 16.7 Å². The average molecular weight is 405 g/mol. The number of hydrogen-bond donors (Lipinski definition) is 3. The van der Waals surface area contributed by atoms with E-state index in [1.54, 1.807) is 18.2 Å². The summed E-state index contributed by atoms with van der Waals surface area (Å²) in [6, 6.07) is 11.0. The number of benzene rings is 2. The number of phenolic OH excluding ortho intramolecular Hbond substituents is 1. The zero-order chi connectivity index (χ0) is 21.1. The van der Waals surface area contributed by atoms with Gasteiger partial charge in [0.2, 0.25) is 11.3 Å². The van der Waals surface area contributed by atoms with Gasteiger partial charge in [0.05, 0.1) is 13.3 Å². The van der Waals surface area contributed by atoms with E-state index < -0.39 is 0 Å². The van der Waals surface area contributed by atoms with Gasteiger partial charge in [-0.3, -0.25) is 5.43 Å². The number of methoxy groups -OCH3 is 1.